The van der Waals surface area contributed by atoms with Crippen molar-refractivity contribution in [3.05, 3.63) is 39.4 Å². The predicted molar refractivity (Wildman–Crippen MR) is 53.0 cm³/mol. The minimum absolute atomic E-state index is 0.0423. The Morgan fingerprint density at radius 1 is 1.44 bits per heavy atom. The molecular formula is C9H8N2O5. The molecule has 0 aliphatic carbocycles. The van der Waals surface area contributed by atoms with Crippen LogP contribution < -0.4 is 5.73 Å². The molecule has 84 valence electrons. The molecule has 0 heterocycles. The molecule has 0 bridgehead atoms. The van der Waals surface area contributed by atoms with Crippen LogP contribution in [0.1, 0.15) is 20.7 Å². The van der Waals surface area contributed by atoms with Crippen molar-refractivity contribution in [1.82, 2.24) is 0 Å². The molecule has 0 unspecified atom stereocenters. The number of rotatable bonds is 3. The molecule has 0 atom stereocenters. The molecule has 0 saturated heterocycles. The number of esters is 1. The van der Waals surface area contributed by atoms with E-state index in [0.717, 1.165) is 19.2 Å². The molecule has 1 amide bonds. The number of carbonyl (C=O) groups is 2. The number of hydrogen-bond acceptors (Lipinski definition) is 5. The maximum atomic E-state index is 11.2. The van der Waals surface area contributed by atoms with E-state index >= 15 is 0 Å². The number of ether oxygens (including phenoxy) is 1. The molecule has 0 saturated carbocycles. The van der Waals surface area contributed by atoms with Crippen molar-refractivity contribution in [3.8, 4) is 0 Å². The number of amides is 1. The van der Waals surface area contributed by atoms with Crippen LogP contribution in [0.2, 0.25) is 0 Å². The van der Waals surface area contributed by atoms with Crippen molar-refractivity contribution in [2.24, 2.45) is 5.73 Å². The highest BCUT2D eigenvalue weighted by Gasteiger charge is 2.22. The average molecular weight is 224 g/mol. The second kappa shape index (κ2) is 4.39. The summed E-state index contributed by atoms with van der Waals surface area (Å²) in [5, 5.41) is 10.7. The highest BCUT2D eigenvalue weighted by Crippen LogP contribution is 2.20. The van der Waals surface area contributed by atoms with Gasteiger partial charge in [0.2, 0.25) is 5.91 Å². The molecule has 0 fully saturated rings. The van der Waals surface area contributed by atoms with Crippen LogP contribution in [-0.4, -0.2) is 23.9 Å². The number of primary amides is 1. The summed E-state index contributed by atoms with van der Waals surface area (Å²) in [6.45, 7) is 0. The Morgan fingerprint density at radius 3 is 2.50 bits per heavy atom. The van der Waals surface area contributed by atoms with Gasteiger partial charge in [-0.2, -0.15) is 0 Å². The van der Waals surface area contributed by atoms with Crippen LogP contribution in [0.4, 0.5) is 5.69 Å². The maximum Gasteiger partial charge on any atom is 0.344 e. The summed E-state index contributed by atoms with van der Waals surface area (Å²) >= 11 is 0. The first-order chi connectivity index (χ1) is 7.47. The first-order valence-electron chi connectivity index (χ1n) is 4.14. The van der Waals surface area contributed by atoms with E-state index in [-0.39, 0.29) is 11.1 Å². The lowest BCUT2D eigenvalue weighted by Gasteiger charge is -2.02. The first kappa shape index (κ1) is 11.6. The third-order valence-electron chi connectivity index (χ3n) is 1.88. The SMILES string of the molecule is COC(=O)c1ccc(C(N)=O)cc1[N+](=O)[O-]. The Balaban J connectivity index is 3.36. The second-order valence-corrected chi connectivity index (χ2v) is 2.84. The number of nitrogens with zero attached hydrogens (tertiary/aromatic N) is 1. The fourth-order valence-corrected chi connectivity index (χ4v) is 1.12. The van der Waals surface area contributed by atoms with Crippen molar-refractivity contribution in [2.75, 3.05) is 7.11 Å². The normalized spacial score (nSPS) is 9.56. The largest absolute Gasteiger partial charge is 0.465 e. The smallest absolute Gasteiger partial charge is 0.344 e. The standard InChI is InChI=1S/C9H8N2O5/c1-16-9(13)6-3-2-5(8(10)12)4-7(6)11(14)15/h2-4H,1H3,(H2,10,12). The van der Waals surface area contributed by atoms with E-state index in [1.54, 1.807) is 0 Å². The molecule has 0 aliphatic heterocycles. The lowest BCUT2D eigenvalue weighted by atomic mass is 10.1. The maximum absolute atomic E-state index is 11.2. The zero-order valence-corrected chi connectivity index (χ0v) is 8.30. The molecule has 1 aromatic carbocycles. The highest BCUT2D eigenvalue weighted by atomic mass is 16.6. The Labute approximate surface area is 90.0 Å². The van der Waals surface area contributed by atoms with Crippen molar-refractivity contribution >= 4 is 17.6 Å². The van der Waals surface area contributed by atoms with Crippen LogP contribution in [0.5, 0.6) is 0 Å². The summed E-state index contributed by atoms with van der Waals surface area (Å²) in [6, 6.07) is 3.29. The van der Waals surface area contributed by atoms with Crippen LogP contribution in [0.25, 0.3) is 0 Å². The third-order valence-corrected chi connectivity index (χ3v) is 1.88. The zero-order chi connectivity index (χ0) is 12.3. The first-order valence-corrected chi connectivity index (χ1v) is 4.14. The van der Waals surface area contributed by atoms with Crippen LogP contribution >= 0.6 is 0 Å². The minimum atomic E-state index is -0.845. The molecule has 0 aromatic heterocycles. The molecular weight excluding hydrogens is 216 g/mol. The lowest BCUT2D eigenvalue weighted by molar-refractivity contribution is -0.385. The van der Waals surface area contributed by atoms with Gasteiger partial charge in [-0.3, -0.25) is 14.9 Å². The van der Waals surface area contributed by atoms with Gasteiger partial charge in [-0.1, -0.05) is 0 Å². The highest BCUT2D eigenvalue weighted by molar-refractivity contribution is 5.98. The number of methoxy groups -OCH3 is 1. The topological polar surface area (TPSA) is 113 Å². The second-order valence-electron chi connectivity index (χ2n) is 2.84. The summed E-state index contributed by atoms with van der Waals surface area (Å²) in [7, 11) is 1.11. The molecule has 0 spiro atoms. The lowest BCUT2D eigenvalue weighted by Crippen LogP contribution is -2.13. The third kappa shape index (κ3) is 2.14. The van der Waals surface area contributed by atoms with E-state index in [4.69, 9.17) is 5.73 Å². The molecule has 0 aliphatic rings. The van der Waals surface area contributed by atoms with Crippen LogP contribution in [0.3, 0.4) is 0 Å². The van der Waals surface area contributed by atoms with Gasteiger partial charge in [-0.05, 0) is 12.1 Å². The average Bonchev–Trinajstić information content (AvgIpc) is 2.26. The number of benzene rings is 1. The van der Waals surface area contributed by atoms with Gasteiger partial charge in [0, 0.05) is 11.6 Å². The Morgan fingerprint density at radius 2 is 2.06 bits per heavy atom. The van der Waals surface area contributed by atoms with Gasteiger partial charge < -0.3 is 10.5 Å². The summed E-state index contributed by atoms with van der Waals surface area (Å²) in [5.74, 6) is -1.65. The van der Waals surface area contributed by atoms with E-state index in [1.807, 2.05) is 0 Å². The summed E-state index contributed by atoms with van der Waals surface area (Å²) in [4.78, 5) is 31.9. The van der Waals surface area contributed by atoms with Gasteiger partial charge in [0.05, 0.1) is 12.0 Å². The number of nitrogens with two attached hydrogens (primary N) is 1. The summed E-state index contributed by atoms with van der Waals surface area (Å²) < 4.78 is 4.37. The molecule has 1 rings (SSSR count). The van der Waals surface area contributed by atoms with Crippen molar-refractivity contribution < 1.29 is 19.2 Å². The Bertz CT molecular complexity index is 469. The van der Waals surface area contributed by atoms with E-state index in [2.05, 4.69) is 4.74 Å². The zero-order valence-electron chi connectivity index (χ0n) is 8.30. The number of nitro benzene ring substituents is 1. The van der Waals surface area contributed by atoms with Gasteiger partial charge in [0.1, 0.15) is 5.56 Å². The van der Waals surface area contributed by atoms with Crippen LogP contribution in [0.15, 0.2) is 18.2 Å². The molecule has 0 radical (unpaired) electrons. The number of carbonyl (C=O) groups excluding carboxylic acids is 2. The van der Waals surface area contributed by atoms with Crippen LogP contribution in [0, 0.1) is 10.1 Å². The summed E-state index contributed by atoms with van der Waals surface area (Å²) in [6.07, 6.45) is 0. The predicted octanol–water partition coefficient (Wildman–Crippen LogP) is 0.480. The molecule has 2 N–H and O–H groups in total. The fourth-order valence-electron chi connectivity index (χ4n) is 1.12. The number of nitro groups is 1. The van der Waals surface area contributed by atoms with Crippen molar-refractivity contribution in [1.29, 1.82) is 0 Å². The van der Waals surface area contributed by atoms with Gasteiger partial charge in [-0.15, -0.1) is 0 Å². The molecule has 16 heavy (non-hydrogen) atoms. The Hall–Kier alpha value is -2.44. The number of hydrogen-bond donors (Lipinski definition) is 1. The minimum Gasteiger partial charge on any atom is -0.465 e. The van der Waals surface area contributed by atoms with E-state index in [1.165, 1.54) is 6.07 Å². The summed E-state index contributed by atoms with van der Waals surface area (Å²) in [5.41, 5.74) is 4.19. The molecule has 1 aromatic rings. The van der Waals surface area contributed by atoms with E-state index in [9.17, 15) is 19.7 Å². The van der Waals surface area contributed by atoms with Crippen molar-refractivity contribution in [3.63, 3.8) is 0 Å². The fraction of sp³-hybridized carbons (Fsp3) is 0.111. The monoisotopic (exact) mass is 224 g/mol. The van der Waals surface area contributed by atoms with Gasteiger partial charge in [-0.25, -0.2) is 4.79 Å². The van der Waals surface area contributed by atoms with E-state index in [0.29, 0.717) is 0 Å². The van der Waals surface area contributed by atoms with Gasteiger partial charge >= 0.3 is 5.97 Å². The van der Waals surface area contributed by atoms with Gasteiger partial charge in [0.25, 0.3) is 5.69 Å². The molecule has 7 nitrogen and oxygen atoms in total. The van der Waals surface area contributed by atoms with E-state index < -0.39 is 22.5 Å². The quantitative estimate of drug-likeness (QED) is 0.455. The van der Waals surface area contributed by atoms with Crippen molar-refractivity contribution in [2.45, 2.75) is 0 Å². The Kier molecular flexibility index (Phi) is 3.19. The molecule has 7 heteroatoms. The van der Waals surface area contributed by atoms with Crippen LogP contribution in [-0.2, 0) is 4.74 Å². The van der Waals surface area contributed by atoms with Gasteiger partial charge in [0.15, 0.2) is 0 Å².